The van der Waals surface area contributed by atoms with Crippen LogP contribution >= 0.6 is 0 Å². The molecule has 4 aliphatic rings. The predicted octanol–water partition coefficient (Wildman–Crippen LogP) is 6.28. The second-order valence-corrected chi connectivity index (χ2v) is 7.95. The zero-order valence-corrected chi connectivity index (χ0v) is 15.5. The number of hydrogen-bond acceptors (Lipinski definition) is 2. The van der Waals surface area contributed by atoms with Gasteiger partial charge in [0.15, 0.2) is 0 Å². The Hall–Kier alpha value is -3.00. The maximum absolute atomic E-state index is 4.67. The van der Waals surface area contributed by atoms with Gasteiger partial charge in [-0.3, -0.25) is 0 Å². The highest BCUT2D eigenvalue weighted by atomic mass is 15.4. The van der Waals surface area contributed by atoms with Gasteiger partial charge >= 0.3 is 0 Å². The molecule has 0 aliphatic carbocycles. The minimum Gasteiger partial charge on any atom is -0.317 e. The fourth-order valence-corrected chi connectivity index (χ4v) is 5.51. The van der Waals surface area contributed by atoms with E-state index in [1.54, 1.807) is 0 Å². The number of benzene rings is 3. The molecule has 0 fully saturated rings. The van der Waals surface area contributed by atoms with E-state index in [-0.39, 0.29) is 11.6 Å². The smallest absolute Gasteiger partial charge is 0.121 e. The summed E-state index contributed by atoms with van der Waals surface area (Å²) in [5.74, 6) is 0. The Labute approximate surface area is 160 Å². The van der Waals surface area contributed by atoms with Gasteiger partial charge in [0, 0.05) is 16.7 Å². The normalized spacial score (nSPS) is 24.2. The summed E-state index contributed by atoms with van der Waals surface area (Å²) in [4.78, 5) is 5.11. The van der Waals surface area contributed by atoms with Gasteiger partial charge < -0.3 is 9.80 Å². The van der Waals surface area contributed by atoms with E-state index in [0.717, 1.165) is 12.8 Å². The average molecular weight is 350 g/mol. The fourth-order valence-electron chi connectivity index (χ4n) is 5.51. The number of hydrogen-bond donors (Lipinski definition) is 0. The summed E-state index contributed by atoms with van der Waals surface area (Å²) in [5, 5.41) is 0. The van der Waals surface area contributed by atoms with Gasteiger partial charge in [-0.25, -0.2) is 0 Å². The quantitative estimate of drug-likeness (QED) is 0.509. The van der Waals surface area contributed by atoms with E-state index >= 15 is 0 Å². The SMILES string of the molecule is C=C1c2ccccc2N2c3ccccc3N3c4ccc(cc4)CC1(CC)C32. The first kappa shape index (κ1) is 15.1. The summed E-state index contributed by atoms with van der Waals surface area (Å²) in [6.45, 7) is 7.00. The van der Waals surface area contributed by atoms with Crippen LogP contribution in [0.25, 0.3) is 5.57 Å². The van der Waals surface area contributed by atoms with Crippen LogP contribution in [0.5, 0.6) is 0 Å². The van der Waals surface area contributed by atoms with Gasteiger partial charge in [0.05, 0.1) is 17.1 Å². The molecule has 3 aromatic carbocycles. The number of anilines is 4. The van der Waals surface area contributed by atoms with E-state index in [2.05, 4.69) is 96.1 Å². The number of fused-ring (bicyclic) bond motifs is 6. The Kier molecular flexibility index (Phi) is 2.82. The highest BCUT2D eigenvalue weighted by molar-refractivity contribution is 5.96. The minimum absolute atomic E-state index is 0.0243. The van der Waals surface area contributed by atoms with Crippen molar-refractivity contribution in [1.82, 2.24) is 0 Å². The molecule has 0 radical (unpaired) electrons. The molecule has 3 aromatic rings. The lowest BCUT2D eigenvalue weighted by Crippen LogP contribution is -2.56. The molecule has 4 aliphatic heterocycles. The van der Waals surface area contributed by atoms with E-state index in [9.17, 15) is 0 Å². The average Bonchev–Trinajstić information content (AvgIpc) is 3.05. The van der Waals surface area contributed by atoms with E-state index in [1.807, 2.05) is 0 Å². The molecule has 2 unspecified atom stereocenters. The van der Waals surface area contributed by atoms with Crippen molar-refractivity contribution in [1.29, 1.82) is 0 Å². The van der Waals surface area contributed by atoms with Crippen molar-refractivity contribution in [3.8, 4) is 0 Å². The van der Waals surface area contributed by atoms with Crippen LogP contribution in [0.3, 0.4) is 0 Å². The van der Waals surface area contributed by atoms with Crippen molar-refractivity contribution in [2.75, 3.05) is 9.80 Å². The monoisotopic (exact) mass is 350 g/mol. The first-order chi connectivity index (χ1) is 13.2. The zero-order chi connectivity index (χ0) is 18.2. The molecule has 2 heteroatoms. The molecule has 4 heterocycles. The maximum atomic E-state index is 4.67. The van der Waals surface area contributed by atoms with Crippen molar-refractivity contribution in [3.05, 3.63) is 90.5 Å². The molecule has 2 atom stereocenters. The summed E-state index contributed by atoms with van der Waals surface area (Å²) < 4.78 is 0. The predicted molar refractivity (Wildman–Crippen MR) is 113 cm³/mol. The molecule has 132 valence electrons. The highest BCUT2D eigenvalue weighted by Crippen LogP contribution is 2.62. The molecule has 0 saturated carbocycles. The molecule has 0 N–H and O–H groups in total. The van der Waals surface area contributed by atoms with E-state index in [0.29, 0.717) is 0 Å². The third-order valence-corrected chi connectivity index (χ3v) is 6.84. The Morgan fingerprint density at radius 2 is 1.48 bits per heavy atom. The third kappa shape index (κ3) is 1.71. The Morgan fingerprint density at radius 1 is 0.852 bits per heavy atom. The summed E-state index contributed by atoms with van der Waals surface area (Å²) in [6.07, 6.45) is 2.30. The van der Waals surface area contributed by atoms with E-state index in [1.165, 1.54) is 39.4 Å². The van der Waals surface area contributed by atoms with Crippen LogP contribution in [0.15, 0.2) is 79.4 Å². The highest BCUT2D eigenvalue weighted by Gasteiger charge is 2.55. The molecular weight excluding hydrogens is 328 g/mol. The standard InChI is InChI=1S/C25H22N2/c1-3-25-16-18-12-14-19(15-13-18)26-22-10-6-7-11-23(22)27(24(25)26)21-9-5-4-8-20(21)17(25)2/h4-15,24H,2-3,16H2,1H3. The second kappa shape index (κ2) is 5.04. The number of rotatable bonds is 1. The van der Waals surface area contributed by atoms with Gasteiger partial charge in [0.25, 0.3) is 0 Å². The zero-order valence-electron chi connectivity index (χ0n) is 15.5. The lowest BCUT2D eigenvalue weighted by molar-refractivity contribution is 0.302. The molecule has 2 nitrogen and oxygen atoms in total. The van der Waals surface area contributed by atoms with Crippen LogP contribution in [0, 0.1) is 5.41 Å². The van der Waals surface area contributed by atoms with Crippen molar-refractivity contribution < 1.29 is 0 Å². The molecular formula is C25H22N2. The number of para-hydroxylation sites is 3. The van der Waals surface area contributed by atoms with Gasteiger partial charge in [-0.15, -0.1) is 0 Å². The van der Waals surface area contributed by atoms with Crippen LogP contribution in [-0.2, 0) is 6.42 Å². The molecule has 2 bridgehead atoms. The Balaban J connectivity index is 1.76. The number of nitrogens with zero attached hydrogens (tertiary/aromatic N) is 2. The maximum Gasteiger partial charge on any atom is 0.121 e. The van der Waals surface area contributed by atoms with E-state index < -0.39 is 0 Å². The van der Waals surface area contributed by atoms with Crippen molar-refractivity contribution >= 4 is 28.3 Å². The third-order valence-electron chi connectivity index (χ3n) is 6.84. The van der Waals surface area contributed by atoms with Crippen LogP contribution in [0.1, 0.15) is 24.5 Å². The molecule has 0 saturated heterocycles. The first-order valence-corrected chi connectivity index (χ1v) is 9.80. The molecule has 7 rings (SSSR count). The van der Waals surface area contributed by atoms with Crippen LogP contribution in [-0.4, -0.2) is 6.17 Å². The van der Waals surface area contributed by atoms with Gasteiger partial charge in [-0.05, 0) is 54.3 Å². The summed E-state index contributed by atoms with van der Waals surface area (Å²) in [5.41, 5.74) is 9.08. The van der Waals surface area contributed by atoms with E-state index in [4.69, 9.17) is 0 Å². The first-order valence-electron chi connectivity index (χ1n) is 9.80. The summed E-state index contributed by atoms with van der Waals surface area (Å²) in [6, 6.07) is 26.8. The van der Waals surface area contributed by atoms with Crippen molar-refractivity contribution in [2.45, 2.75) is 25.9 Å². The van der Waals surface area contributed by atoms with Crippen molar-refractivity contribution in [2.24, 2.45) is 5.41 Å². The van der Waals surface area contributed by atoms with Gasteiger partial charge in [0.1, 0.15) is 6.17 Å². The topological polar surface area (TPSA) is 6.48 Å². The van der Waals surface area contributed by atoms with Gasteiger partial charge in [-0.1, -0.05) is 56.0 Å². The largest absolute Gasteiger partial charge is 0.317 e. The molecule has 27 heavy (non-hydrogen) atoms. The molecule has 0 aromatic heterocycles. The Morgan fingerprint density at radius 3 is 2.19 bits per heavy atom. The summed E-state index contributed by atoms with van der Waals surface area (Å²) in [7, 11) is 0. The molecule has 0 spiro atoms. The van der Waals surface area contributed by atoms with Gasteiger partial charge in [-0.2, -0.15) is 0 Å². The lowest BCUT2D eigenvalue weighted by Gasteiger charge is -2.53. The summed E-state index contributed by atoms with van der Waals surface area (Å²) >= 11 is 0. The second-order valence-electron chi connectivity index (χ2n) is 7.95. The molecule has 0 amide bonds. The fraction of sp³-hybridized carbons (Fsp3) is 0.200. The van der Waals surface area contributed by atoms with Crippen LogP contribution < -0.4 is 9.80 Å². The van der Waals surface area contributed by atoms with Crippen LogP contribution in [0.4, 0.5) is 22.7 Å². The minimum atomic E-state index is -0.0243. The Bertz CT molecular complexity index is 1080. The van der Waals surface area contributed by atoms with Crippen LogP contribution in [0.2, 0.25) is 0 Å². The van der Waals surface area contributed by atoms with Gasteiger partial charge in [0.2, 0.25) is 0 Å². The lowest BCUT2D eigenvalue weighted by atomic mass is 9.65. The van der Waals surface area contributed by atoms with Crippen molar-refractivity contribution in [3.63, 3.8) is 0 Å².